The van der Waals surface area contributed by atoms with Crippen molar-refractivity contribution in [2.75, 3.05) is 0 Å². The lowest BCUT2D eigenvalue weighted by Crippen LogP contribution is -2.46. The van der Waals surface area contributed by atoms with Gasteiger partial charge in [-0.1, -0.05) is 36.8 Å². The Kier molecular flexibility index (Phi) is 2.76. The molecule has 1 heterocycles. The first-order valence-corrected chi connectivity index (χ1v) is 6.96. The summed E-state index contributed by atoms with van der Waals surface area (Å²) >= 11 is 0. The largest absolute Gasteiger partial charge is 0.389 e. The van der Waals surface area contributed by atoms with Gasteiger partial charge in [0.05, 0.1) is 17.3 Å². The van der Waals surface area contributed by atoms with Gasteiger partial charge in [0.25, 0.3) is 0 Å². The predicted octanol–water partition coefficient (Wildman–Crippen LogP) is 2.94. The predicted molar refractivity (Wildman–Crippen MR) is 71.4 cm³/mol. The Bertz CT molecular complexity index is 426. The molecule has 2 aliphatic rings. The van der Waals surface area contributed by atoms with Gasteiger partial charge in [-0.05, 0) is 32.3 Å². The molecular formula is C16H22O2. The number of ether oxygens (including phenoxy) is 1. The van der Waals surface area contributed by atoms with Crippen LogP contribution in [-0.2, 0) is 11.2 Å². The van der Waals surface area contributed by atoms with Gasteiger partial charge in [-0.3, -0.25) is 0 Å². The maximum atomic E-state index is 10.9. The normalized spacial score (nSPS) is 37.7. The average molecular weight is 246 g/mol. The summed E-state index contributed by atoms with van der Waals surface area (Å²) in [6.07, 6.45) is 4.51. The van der Waals surface area contributed by atoms with Crippen molar-refractivity contribution in [1.29, 1.82) is 0 Å². The molecule has 2 heteroatoms. The zero-order chi connectivity index (χ0) is 12.8. The van der Waals surface area contributed by atoms with Gasteiger partial charge < -0.3 is 9.84 Å². The Morgan fingerprint density at radius 2 is 2.06 bits per heavy atom. The Labute approximate surface area is 109 Å². The van der Waals surface area contributed by atoms with Crippen molar-refractivity contribution < 1.29 is 9.84 Å². The van der Waals surface area contributed by atoms with Gasteiger partial charge in [0, 0.05) is 12.3 Å². The molecule has 0 unspecified atom stereocenters. The van der Waals surface area contributed by atoms with Crippen molar-refractivity contribution in [3.05, 3.63) is 35.9 Å². The van der Waals surface area contributed by atoms with E-state index >= 15 is 0 Å². The summed E-state index contributed by atoms with van der Waals surface area (Å²) in [5.74, 6) is 0.254. The average Bonchev–Trinajstić information content (AvgIpc) is 3.00. The van der Waals surface area contributed by atoms with Crippen molar-refractivity contribution >= 4 is 0 Å². The maximum absolute atomic E-state index is 10.9. The van der Waals surface area contributed by atoms with Crippen LogP contribution in [0.15, 0.2) is 30.3 Å². The van der Waals surface area contributed by atoms with Gasteiger partial charge in [0.1, 0.15) is 0 Å². The minimum Gasteiger partial charge on any atom is -0.389 e. The number of rotatable bonds is 3. The van der Waals surface area contributed by atoms with Crippen LogP contribution in [0, 0.1) is 5.92 Å². The van der Waals surface area contributed by atoms with Gasteiger partial charge in [-0.25, -0.2) is 0 Å². The summed E-state index contributed by atoms with van der Waals surface area (Å²) in [5, 5.41) is 10.9. The molecule has 2 fully saturated rings. The molecular weight excluding hydrogens is 224 g/mol. The highest BCUT2D eigenvalue weighted by molar-refractivity contribution is 5.20. The van der Waals surface area contributed by atoms with Crippen molar-refractivity contribution in [3.8, 4) is 0 Å². The second-order valence-corrected chi connectivity index (χ2v) is 6.29. The maximum Gasteiger partial charge on any atom is 0.0975 e. The second-order valence-electron chi connectivity index (χ2n) is 6.29. The molecule has 0 amide bonds. The first-order chi connectivity index (χ1) is 8.52. The van der Waals surface area contributed by atoms with E-state index in [4.69, 9.17) is 4.74 Å². The fraction of sp³-hybridized carbons (Fsp3) is 0.625. The van der Waals surface area contributed by atoms with Crippen molar-refractivity contribution in [3.63, 3.8) is 0 Å². The van der Waals surface area contributed by atoms with Gasteiger partial charge in [-0.2, -0.15) is 0 Å². The number of hydrogen-bond acceptors (Lipinski definition) is 2. The van der Waals surface area contributed by atoms with Crippen molar-refractivity contribution in [2.24, 2.45) is 5.92 Å². The van der Waals surface area contributed by atoms with Crippen LogP contribution < -0.4 is 0 Å². The van der Waals surface area contributed by atoms with Crippen molar-refractivity contribution in [1.82, 2.24) is 0 Å². The lowest BCUT2D eigenvalue weighted by Gasteiger charge is -2.38. The van der Waals surface area contributed by atoms with E-state index in [0.29, 0.717) is 12.5 Å². The molecule has 1 saturated carbocycles. The topological polar surface area (TPSA) is 32.8 Å². The summed E-state index contributed by atoms with van der Waals surface area (Å²) < 4.78 is 5.84. The van der Waals surface area contributed by atoms with Gasteiger partial charge in [-0.15, -0.1) is 0 Å². The molecule has 1 aliphatic heterocycles. The third-order valence-corrected chi connectivity index (χ3v) is 4.78. The zero-order valence-electron chi connectivity index (χ0n) is 11.2. The monoisotopic (exact) mass is 246 g/mol. The highest BCUT2D eigenvalue weighted by Crippen LogP contribution is 2.54. The fourth-order valence-electron chi connectivity index (χ4n) is 3.78. The summed E-state index contributed by atoms with van der Waals surface area (Å²) in [7, 11) is 0. The first kappa shape index (κ1) is 12.2. The quantitative estimate of drug-likeness (QED) is 0.832. The Morgan fingerprint density at radius 1 is 1.33 bits per heavy atom. The minimum atomic E-state index is -0.675. The second kappa shape index (κ2) is 4.07. The van der Waals surface area contributed by atoms with Gasteiger partial charge in [0.15, 0.2) is 0 Å². The third-order valence-electron chi connectivity index (χ3n) is 4.78. The lowest BCUT2D eigenvalue weighted by molar-refractivity contribution is -0.0387. The van der Waals surface area contributed by atoms with E-state index in [2.05, 4.69) is 19.1 Å². The van der Waals surface area contributed by atoms with E-state index in [1.165, 1.54) is 12.0 Å². The number of aliphatic hydroxyl groups is 1. The number of fused-ring (bicyclic) bond motifs is 1. The Hall–Kier alpha value is -0.860. The van der Waals surface area contributed by atoms with E-state index in [0.717, 1.165) is 12.8 Å². The molecule has 0 radical (unpaired) electrons. The number of epoxide rings is 1. The molecule has 1 N–H and O–H groups in total. The van der Waals surface area contributed by atoms with E-state index in [1.54, 1.807) is 0 Å². The number of hydrogen-bond donors (Lipinski definition) is 1. The van der Waals surface area contributed by atoms with Crippen LogP contribution in [0.25, 0.3) is 0 Å². The smallest absolute Gasteiger partial charge is 0.0975 e. The Morgan fingerprint density at radius 3 is 2.78 bits per heavy atom. The minimum absolute atomic E-state index is 0.0729. The van der Waals surface area contributed by atoms with Crippen LogP contribution in [0.5, 0.6) is 0 Å². The van der Waals surface area contributed by atoms with Crippen LogP contribution in [-0.4, -0.2) is 22.4 Å². The van der Waals surface area contributed by atoms with Crippen LogP contribution in [0.2, 0.25) is 0 Å². The van der Waals surface area contributed by atoms with E-state index in [1.807, 2.05) is 25.1 Å². The fourth-order valence-corrected chi connectivity index (χ4v) is 3.78. The lowest BCUT2D eigenvalue weighted by atomic mass is 9.69. The third kappa shape index (κ3) is 1.98. The van der Waals surface area contributed by atoms with E-state index in [9.17, 15) is 5.11 Å². The van der Waals surface area contributed by atoms with Gasteiger partial charge in [0.2, 0.25) is 0 Å². The molecule has 0 spiro atoms. The standard InChI is InChI=1S/C16H22O2/c1-15(17,11-12-7-4-3-5-8-12)13-9-6-10-14-16(13,2)18-14/h3-5,7-8,13-14,17H,6,9-11H2,1-2H3/t13-,14-,15+,16+/m1/s1. The highest BCUT2D eigenvalue weighted by Gasteiger charge is 2.63. The molecule has 3 rings (SSSR count). The van der Waals surface area contributed by atoms with E-state index in [-0.39, 0.29) is 11.5 Å². The van der Waals surface area contributed by atoms with Crippen LogP contribution in [0.3, 0.4) is 0 Å². The van der Waals surface area contributed by atoms with Gasteiger partial charge >= 0.3 is 0 Å². The first-order valence-electron chi connectivity index (χ1n) is 6.96. The molecule has 0 bridgehead atoms. The summed E-state index contributed by atoms with van der Waals surface area (Å²) in [6.45, 7) is 4.14. The van der Waals surface area contributed by atoms with Crippen LogP contribution >= 0.6 is 0 Å². The van der Waals surface area contributed by atoms with E-state index < -0.39 is 5.60 Å². The molecule has 0 aromatic heterocycles. The van der Waals surface area contributed by atoms with Crippen molar-refractivity contribution in [2.45, 2.75) is 56.8 Å². The number of benzene rings is 1. The van der Waals surface area contributed by atoms with Crippen LogP contribution in [0.1, 0.15) is 38.7 Å². The SMILES string of the molecule is C[C@@]12O[C@@H]1CCC[C@@H]2[C@@](C)(O)Cc1ccccc1. The van der Waals surface area contributed by atoms with Crippen LogP contribution in [0.4, 0.5) is 0 Å². The zero-order valence-corrected chi connectivity index (χ0v) is 11.2. The Balaban J connectivity index is 1.78. The molecule has 4 atom stereocenters. The molecule has 18 heavy (non-hydrogen) atoms. The highest BCUT2D eigenvalue weighted by atomic mass is 16.6. The molecule has 1 aromatic carbocycles. The molecule has 2 nitrogen and oxygen atoms in total. The molecule has 1 aromatic rings. The summed E-state index contributed by atoms with van der Waals surface area (Å²) in [5.41, 5.74) is 0.454. The molecule has 98 valence electrons. The summed E-state index contributed by atoms with van der Waals surface area (Å²) in [6, 6.07) is 10.3. The summed E-state index contributed by atoms with van der Waals surface area (Å²) in [4.78, 5) is 0. The molecule has 1 saturated heterocycles. The molecule has 1 aliphatic carbocycles.